The molecule has 3 N–H and O–H groups in total. The average Bonchev–Trinajstić information content (AvgIpc) is 2.59. The number of anilines is 1. The van der Waals surface area contributed by atoms with Crippen molar-refractivity contribution in [1.29, 1.82) is 0 Å². The van der Waals surface area contributed by atoms with Crippen LogP contribution in [0.5, 0.6) is 5.75 Å². The van der Waals surface area contributed by atoms with Gasteiger partial charge in [-0.1, -0.05) is 22.0 Å². The van der Waals surface area contributed by atoms with Gasteiger partial charge in [-0.15, -0.1) is 0 Å². The third kappa shape index (κ3) is 4.94. The number of ether oxygens (including phenoxy) is 1. The lowest BCUT2D eigenvalue weighted by atomic mass is 9.99. The molecule has 0 aliphatic rings. The van der Waals surface area contributed by atoms with Gasteiger partial charge in [-0.2, -0.15) is 0 Å². The Labute approximate surface area is 148 Å². The summed E-state index contributed by atoms with van der Waals surface area (Å²) in [7, 11) is 1.61. The molecule has 1 aromatic heterocycles. The monoisotopic (exact) mass is 394 g/mol. The summed E-state index contributed by atoms with van der Waals surface area (Å²) in [6.07, 6.45) is 0.616. The number of carboxylic acids is 1. The van der Waals surface area contributed by atoms with E-state index in [4.69, 9.17) is 9.84 Å². The molecule has 0 aliphatic carbocycles. The first-order valence-corrected chi connectivity index (χ1v) is 8.20. The molecule has 0 spiro atoms. The normalized spacial score (nSPS) is 11.8. The molecule has 128 valence electrons. The predicted octanol–water partition coefficient (Wildman–Crippen LogP) is 2.81. The quantitative estimate of drug-likeness (QED) is 0.637. The van der Waals surface area contributed by atoms with Gasteiger partial charge in [-0.3, -0.25) is 0 Å². The fourth-order valence-electron chi connectivity index (χ4n) is 2.32. The van der Waals surface area contributed by atoms with E-state index in [0.29, 0.717) is 18.8 Å². The topological polar surface area (TPSA) is 91.7 Å². The van der Waals surface area contributed by atoms with Crippen LogP contribution in [0.4, 0.5) is 5.82 Å². The summed E-state index contributed by atoms with van der Waals surface area (Å²) in [6.45, 7) is 0.448. The van der Waals surface area contributed by atoms with Crippen LogP contribution in [0.2, 0.25) is 0 Å². The van der Waals surface area contributed by atoms with Crippen LogP contribution < -0.4 is 10.1 Å². The lowest BCUT2D eigenvalue weighted by molar-refractivity contribution is 0.0690. The van der Waals surface area contributed by atoms with Gasteiger partial charge >= 0.3 is 5.97 Å². The molecule has 1 atom stereocenters. The van der Waals surface area contributed by atoms with Crippen molar-refractivity contribution in [3.63, 3.8) is 0 Å². The van der Waals surface area contributed by atoms with Crippen LogP contribution in [0, 0.1) is 5.92 Å². The second-order valence-corrected chi connectivity index (χ2v) is 6.22. The number of aliphatic hydroxyl groups excluding tert-OH is 1. The van der Waals surface area contributed by atoms with Gasteiger partial charge in [0.15, 0.2) is 5.69 Å². The van der Waals surface area contributed by atoms with Gasteiger partial charge in [0.2, 0.25) is 0 Å². The van der Waals surface area contributed by atoms with Gasteiger partial charge in [0.25, 0.3) is 0 Å². The summed E-state index contributed by atoms with van der Waals surface area (Å²) in [5, 5.41) is 21.7. The number of rotatable bonds is 8. The molecule has 0 bridgehead atoms. The largest absolute Gasteiger partial charge is 0.496 e. The highest BCUT2D eigenvalue weighted by Crippen LogP contribution is 2.25. The maximum Gasteiger partial charge on any atom is 0.354 e. The molecule has 1 unspecified atom stereocenters. The summed E-state index contributed by atoms with van der Waals surface area (Å²) in [5.74, 6) is 0.0944. The number of aromatic nitrogens is 1. The molecule has 24 heavy (non-hydrogen) atoms. The van der Waals surface area contributed by atoms with Gasteiger partial charge in [-0.25, -0.2) is 9.78 Å². The first-order valence-electron chi connectivity index (χ1n) is 7.41. The van der Waals surface area contributed by atoms with Crippen molar-refractivity contribution in [3.05, 3.63) is 52.1 Å². The minimum absolute atomic E-state index is 0.0126. The van der Waals surface area contributed by atoms with Crippen LogP contribution in [-0.2, 0) is 6.42 Å². The molecule has 0 fully saturated rings. The molecule has 1 aromatic carbocycles. The first kappa shape index (κ1) is 18.2. The molecule has 0 saturated heterocycles. The van der Waals surface area contributed by atoms with Crippen LogP contribution in [0.3, 0.4) is 0 Å². The number of aromatic carboxylic acids is 1. The highest BCUT2D eigenvalue weighted by molar-refractivity contribution is 9.10. The number of benzene rings is 1. The molecule has 7 heteroatoms. The van der Waals surface area contributed by atoms with E-state index < -0.39 is 5.97 Å². The maximum absolute atomic E-state index is 10.9. The van der Waals surface area contributed by atoms with E-state index in [1.54, 1.807) is 19.2 Å². The number of aliphatic hydroxyl groups is 1. The fraction of sp³-hybridized carbons (Fsp3) is 0.294. The van der Waals surface area contributed by atoms with Crippen molar-refractivity contribution in [2.75, 3.05) is 25.6 Å². The molecule has 0 amide bonds. The van der Waals surface area contributed by atoms with Crippen LogP contribution >= 0.6 is 15.9 Å². The number of nitrogens with one attached hydrogen (secondary N) is 1. The Hall–Kier alpha value is -2.12. The lowest BCUT2D eigenvalue weighted by Gasteiger charge is -2.17. The molecule has 0 aliphatic heterocycles. The Balaban J connectivity index is 2.04. The van der Waals surface area contributed by atoms with Crippen LogP contribution in [0.1, 0.15) is 16.1 Å². The summed E-state index contributed by atoms with van der Waals surface area (Å²) in [4.78, 5) is 15.0. The fourth-order valence-corrected chi connectivity index (χ4v) is 2.73. The van der Waals surface area contributed by atoms with Crippen molar-refractivity contribution < 1.29 is 19.7 Å². The first-order chi connectivity index (χ1) is 11.5. The average molecular weight is 395 g/mol. The lowest BCUT2D eigenvalue weighted by Crippen LogP contribution is -2.21. The zero-order valence-corrected chi connectivity index (χ0v) is 14.8. The SMILES string of the molecule is COc1ccc(Br)cc1CC(CO)CNc1cccc(C(=O)O)n1. The van der Waals surface area contributed by atoms with Gasteiger partial charge in [0, 0.05) is 23.5 Å². The summed E-state index contributed by atoms with van der Waals surface area (Å²) < 4.78 is 6.29. The van der Waals surface area contributed by atoms with E-state index in [1.165, 1.54) is 6.07 Å². The number of halogens is 1. The van der Waals surface area contributed by atoms with Crippen molar-refractivity contribution in [1.82, 2.24) is 4.98 Å². The zero-order valence-electron chi connectivity index (χ0n) is 13.2. The Morgan fingerprint density at radius 1 is 1.38 bits per heavy atom. The van der Waals surface area contributed by atoms with Crippen molar-refractivity contribution in [3.8, 4) is 5.75 Å². The van der Waals surface area contributed by atoms with E-state index in [1.807, 2.05) is 18.2 Å². The highest BCUT2D eigenvalue weighted by atomic mass is 79.9. The summed E-state index contributed by atoms with van der Waals surface area (Å²) in [5.41, 5.74) is 0.967. The molecule has 0 saturated carbocycles. The number of methoxy groups -OCH3 is 1. The number of pyridine rings is 1. The van der Waals surface area contributed by atoms with E-state index in [9.17, 15) is 9.90 Å². The van der Waals surface area contributed by atoms with Crippen LogP contribution in [-0.4, -0.2) is 41.4 Å². The Morgan fingerprint density at radius 2 is 2.17 bits per heavy atom. The van der Waals surface area contributed by atoms with Gasteiger partial charge in [-0.05, 0) is 42.3 Å². The van der Waals surface area contributed by atoms with Gasteiger partial charge in [0.1, 0.15) is 11.6 Å². The molecular formula is C17H19BrN2O4. The number of carbonyl (C=O) groups is 1. The van der Waals surface area contributed by atoms with Gasteiger partial charge < -0.3 is 20.3 Å². The highest BCUT2D eigenvalue weighted by Gasteiger charge is 2.13. The summed E-state index contributed by atoms with van der Waals surface area (Å²) in [6, 6.07) is 10.5. The van der Waals surface area contributed by atoms with E-state index >= 15 is 0 Å². The third-order valence-electron chi connectivity index (χ3n) is 3.55. The van der Waals surface area contributed by atoms with E-state index in [2.05, 4.69) is 26.2 Å². The second-order valence-electron chi connectivity index (χ2n) is 5.30. The Morgan fingerprint density at radius 3 is 2.83 bits per heavy atom. The van der Waals surface area contributed by atoms with Gasteiger partial charge in [0.05, 0.1) is 7.11 Å². The molecule has 2 rings (SSSR count). The second kappa shape index (κ2) is 8.65. The molecule has 2 aromatic rings. The Kier molecular flexibility index (Phi) is 6.57. The number of carboxylic acid groups (broad SMARTS) is 1. The minimum atomic E-state index is -1.07. The predicted molar refractivity (Wildman–Crippen MR) is 94.7 cm³/mol. The number of hydrogen-bond acceptors (Lipinski definition) is 5. The van der Waals surface area contributed by atoms with Crippen LogP contribution in [0.25, 0.3) is 0 Å². The maximum atomic E-state index is 10.9. The minimum Gasteiger partial charge on any atom is -0.496 e. The summed E-state index contributed by atoms with van der Waals surface area (Å²) >= 11 is 3.44. The van der Waals surface area contributed by atoms with Crippen molar-refractivity contribution in [2.24, 2.45) is 5.92 Å². The van der Waals surface area contributed by atoms with E-state index in [-0.39, 0.29) is 18.2 Å². The third-order valence-corrected chi connectivity index (χ3v) is 4.04. The molecule has 0 radical (unpaired) electrons. The van der Waals surface area contributed by atoms with Crippen LogP contribution in [0.15, 0.2) is 40.9 Å². The van der Waals surface area contributed by atoms with E-state index in [0.717, 1.165) is 15.8 Å². The Bertz CT molecular complexity index is 709. The van der Waals surface area contributed by atoms with Crippen molar-refractivity contribution >= 4 is 27.7 Å². The van der Waals surface area contributed by atoms with Crippen molar-refractivity contribution in [2.45, 2.75) is 6.42 Å². The number of nitrogens with zero attached hydrogens (tertiary/aromatic N) is 1. The molecular weight excluding hydrogens is 376 g/mol. The zero-order chi connectivity index (χ0) is 17.5. The smallest absolute Gasteiger partial charge is 0.354 e. The molecule has 1 heterocycles. The standard InChI is InChI=1S/C17H19BrN2O4/c1-24-15-6-5-13(18)8-12(15)7-11(10-21)9-19-16-4-2-3-14(20-16)17(22)23/h2-6,8,11,21H,7,9-10H2,1H3,(H,19,20)(H,22,23). The molecule has 6 nitrogen and oxygen atoms in total. The number of hydrogen-bond donors (Lipinski definition) is 3.